The SMILES string of the molecule is Oc1c(Cc2ccco2)nc2c(-c3cccnc3)nc(-c3ccccc3)cn12. The Hall–Kier alpha value is -3.93. The van der Waals surface area contributed by atoms with E-state index in [1.807, 2.05) is 54.6 Å². The van der Waals surface area contributed by atoms with E-state index in [9.17, 15) is 5.11 Å². The van der Waals surface area contributed by atoms with Crippen LogP contribution in [0.2, 0.25) is 0 Å². The Morgan fingerprint density at radius 1 is 0.929 bits per heavy atom. The maximum atomic E-state index is 10.8. The molecule has 0 aliphatic carbocycles. The molecule has 0 aliphatic heterocycles. The lowest BCUT2D eigenvalue weighted by Crippen LogP contribution is -1.96. The molecule has 136 valence electrons. The summed E-state index contributed by atoms with van der Waals surface area (Å²) in [6, 6.07) is 17.3. The Morgan fingerprint density at radius 2 is 1.79 bits per heavy atom. The van der Waals surface area contributed by atoms with Crippen LogP contribution in [-0.4, -0.2) is 24.5 Å². The summed E-state index contributed by atoms with van der Waals surface area (Å²) in [6.45, 7) is 0. The summed E-state index contributed by atoms with van der Waals surface area (Å²) < 4.78 is 7.09. The van der Waals surface area contributed by atoms with Gasteiger partial charge in [0.25, 0.3) is 0 Å². The lowest BCUT2D eigenvalue weighted by molar-refractivity contribution is 0.438. The lowest BCUT2D eigenvalue weighted by atomic mass is 10.1. The zero-order chi connectivity index (χ0) is 18.9. The number of furan rings is 1. The first-order valence-electron chi connectivity index (χ1n) is 8.89. The van der Waals surface area contributed by atoms with Crippen LogP contribution >= 0.6 is 0 Å². The molecule has 6 nitrogen and oxygen atoms in total. The summed E-state index contributed by atoms with van der Waals surface area (Å²) in [4.78, 5) is 13.7. The Kier molecular flexibility index (Phi) is 3.87. The highest BCUT2D eigenvalue weighted by Gasteiger charge is 2.19. The highest BCUT2D eigenvalue weighted by atomic mass is 16.3. The van der Waals surface area contributed by atoms with Crippen LogP contribution in [-0.2, 0) is 6.42 Å². The molecule has 6 heteroatoms. The molecule has 0 aliphatic rings. The molecule has 4 aromatic heterocycles. The molecule has 0 unspecified atom stereocenters. The highest BCUT2D eigenvalue weighted by molar-refractivity contribution is 5.77. The van der Waals surface area contributed by atoms with Crippen molar-refractivity contribution in [2.24, 2.45) is 0 Å². The molecule has 0 bridgehead atoms. The van der Waals surface area contributed by atoms with E-state index in [0.717, 1.165) is 22.6 Å². The van der Waals surface area contributed by atoms with E-state index in [2.05, 4.69) is 9.97 Å². The summed E-state index contributed by atoms with van der Waals surface area (Å²) >= 11 is 0. The van der Waals surface area contributed by atoms with Crippen molar-refractivity contribution in [3.8, 4) is 28.4 Å². The third kappa shape index (κ3) is 2.81. The smallest absolute Gasteiger partial charge is 0.219 e. The number of benzene rings is 1. The molecule has 0 atom stereocenters. The Morgan fingerprint density at radius 3 is 2.54 bits per heavy atom. The van der Waals surface area contributed by atoms with Gasteiger partial charge in [-0.05, 0) is 24.3 Å². The number of hydrogen-bond acceptors (Lipinski definition) is 5. The van der Waals surface area contributed by atoms with Crippen molar-refractivity contribution in [1.29, 1.82) is 0 Å². The molecule has 5 rings (SSSR count). The van der Waals surface area contributed by atoms with E-state index in [-0.39, 0.29) is 5.88 Å². The summed E-state index contributed by atoms with van der Waals surface area (Å²) in [5, 5.41) is 10.8. The number of hydrogen-bond donors (Lipinski definition) is 1. The largest absolute Gasteiger partial charge is 0.493 e. The number of pyridine rings is 1. The zero-order valence-electron chi connectivity index (χ0n) is 14.9. The van der Waals surface area contributed by atoms with Crippen molar-refractivity contribution >= 4 is 5.65 Å². The highest BCUT2D eigenvalue weighted by Crippen LogP contribution is 2.31. The number of fused-ring (bicyclic) bond motifs is 1. The topological polar surface area (TPSA) is 76.5 Å². The fourth-order valence-corrected chi connectivity index (χ4v) is 3.22. The van der Waals surface area contributed by atoms with Gasteiger partial charge in [0.1, 0.15) is 17.1 Å². The fraction of sp³-hybridized carbons (Fsp3) is 0.0455. The first kappa shape index (κ1) is 16.3. The van der Waals surface area contributed by atoms with Crippen molar-refractivity contribution in [2.45, 2.75) is 6.42 Å². The van der Waals surface area contributed by atoms with Crippen LogP contribution in [0.4, 0.5) is 0 Å². The van der Waals surface area contributed by atoms with Gasteiger partial charge in [0.2, 0.25) is 5.88 Å². The fourth-order valence-electron chi connectivity index (χ4n) is 3.22. The van der Waals surface area contributed by atoms with Crippen molar-refractivity contribution in [3.05, 3.63) is 90.9 Å². The zero-order valence-corrected chi connectivity index (χ0v) is 14.9. The van der Waals surface area contributed by atoms with E-state index in [1.54, 1.807) is 29.3 Å². The van der Waals surface area contributed by atoms with E-state index in [1.165, 1.54) is 0 Å². The van der Waals surface area contributed by atoms with E-state index >= 15 is 0 Å². The summed E-state index contributed by atoms with van der Waals surface area (Å²) in [5.74, 6) is 0.814. The van der Waals surface area contributed by atoms with Gasteiger partial charge >= 0.3 is 0 Å². The molecular formula is C22H16N4O2. The minimum absolute atomic E-state index is 0.0797. The number of rotatable bonds is 4. The summed E-state index contributed by atoms with van der Waals surface area (Å²) in [6.07, 6.45) is 7.27. The summed E-state index contributed by atoms with van der Waals surface area (Å²) in [7, 11) is 0. The molecule has 0 fully saturated rings. The number of nitrogens with zero attached hydrogens (tertiary/aromatic N) is 4. The molecule has 4 heterocycles. The van der Waals surface area contributed by atoms with Crippen molar-refractivity contribution in [3.63, 3.8) is 0 Å². The third-order valence-electron chi connectivity index (χ3n) is 4.58. The Bertz CT molecular complexity index is 1230. The molecule has 0 spiro atoms. The van der Waals surface area contributed by atoms with Crippen molar-refractivity contribution < 1.29 is 9.52 Å². The van der Waals surface area contributed by atoms with Crippen LogP contribution in [0.1, 0.15) is 11.5 Å². The molecule has 5 aromatic rings. The van der Waals surface area contributed by atoms with Crippen molar-refractivity contribution in [1.82, 2.24) is 19.4 Å². The van der Waals surface area contributed by atoms with Gasteiger partial charge in [-0.2, -0.15) is 0 Å². The molecule has 0 saturated carbocycles. The van der Waals surface area contributed by atoms with Crippen LogP contribution in [0.15, 0.2) is 83.9 Å². The second kappa shape index (κ2) is 6.66. The van der Waals surface area contributed by atoms with E-state index in [0.29, 0.717) is 23.5 Å². The second-order valence-electron chi connectivity index (χ2n) is 6.41. The van der Waals surface area contributed by atoms with Gasteiger partial charge in [-0.3, -0.25) is 9.38 Å². The average Bonchev–Trinajstić information content (AvgIpc) is 3.37. The molecule has 1 N–H and O–H groups in total. The van der Waals surface area contributed by atoms with E-state index in [4.69, 9.17) is 9.40 Å². The van der Waals surface area contributed by atoms with Crippen LogP contribution in [0.5, 0.6) is 5.88 Å². The van der Waals surface area contributed by atoms with Gasteiger partial charge in [-0.15, -0.1) is 0 Å². The first-order chi connectivity index (χ1) is 13.8. The van der Waals surface area contributed by atoms with Crippen LogP contribution in [0, 0.1) is 0 Å². The van der Waals surface area contributed by atoms with Crippen molar-refractivity contribution in [2.75, 3.05) is 0 Å². The molecule has 28 heavy (non-hydrogen) atoms. The van der Waals surface area contributed by atoms with Gasteiger partial charge in [-0.25, -0.2) is 9.97 Å². The predicted octanol–water partition coefficient (Wildman–Crippen LogP) is 4.35. The summed E-state index contributed by atoms with van der Waals surface area (Å²) in [5.41, 5.74) is 4.30. The second-order valence-corrected chi connectivity index (χ2v) is 6.41. The Labute approximate surface area is 160 Å². The van der Waals surface area contributed by atoms with Crippen LogP contribution in [0.3, 0.4) is 0 Å². The maximum absolute atomic E-state index is 10.8. The molecule has 1 aromatic carbocycles. The third-order valence-corrected chi connectivity index (χ3v) is 4.58. The number of aromatic hydroxyl groups is 1. The molecule has 0 saturated heterocycles. The normalized spacial score (nSPS) is 11.1. The molecule has 0 radical (unpaired) electrons. The monoisotopic (exact) mass is 368 g/mol. The Balaban J connectivity index is 1.75. The van der Waals surface area contributed by atoms with Crippen LogP contribution < -0.4 is 0 Å². The first-order valence-corrected chi connectivity index (χ1v) is 8.89. The predicted molar refractivity (Wildman–Crippen MR) is 105 cm³/mol. The van der Waals surface area contributed by atoms with Crippen LogP contribution in [0.25, 0.3) is 28.2 Å². The van der Waals surface area contributed by atoms with Gasteiger partial charge < -0.3 is 9.52 Å². The molecular weight excluding hydrogens is 352 g/mol. The van der Waals surface area contributed by atoms with Gasteiger partial charge in [0.15, 0.2) is 5.65 Å². The van der Waals surface area contributed by atoms with E-state index < -0.39 is 0 Å². The average molecular weight is 368 g/mol. The standard InChI is InChI=1S/C22H16N4O2/c27-22-18(12-17-9-5-11-28-17)25-21-20(16-8-4-10-23-13-16)24-19(14-26(21)22)15-6-2-1-3-7-15/h1-11,13-14,27H,12H2. The number of imidazole rings is 1. The van der Waals surface area contributed by atoms with Gasteiger partial charge in [-0.1, -0.05) is 30.3 Å². The number of aromatic nitrogens is 4. The lowest BCUT2D eigenvalue weighted by Gasteiger charge is -2.08. The quantitative estimate of drug-likeness (QED) is 0.510. The molecule has 0 amide bonds. The maximum Gasteiger partial charge on any atom is 0.219 e. The minimum atomic E-state index is 0.0797. The van der Waals surface area contributed by atoms with Gasteiger partial charge in [0.05, 0.1) is 18.4 Å². The van der Waals surface area contributed by atoms with Gasteiger partial charge in [0, 0.05) is 29.7 Å². The minimum Gasteiger partial charge on any atom is -0.493 e.